The number of anilines is 1. The van der Waals surface area contributed by atoms with Crippen LogP contribution in [0, 0.1) is 15.9 Å². The third-order valence-electron chi connectivity index (χ3n) is 6.02. The van der Waals surface area contributed by atoms with Crippen LogP contribution in [0.25, 0.3) is 11.0 Å². The van der Waals surface area contributed by atoms with E-state index in [2.05, 4.69) is 0 Å². The van der Waals surface area contributed by atoms with E-state index >= 15 is 0 Å². The van der Waals surface area contributed by atoms with Crippen molar-refractivity contribution in [2.75, 3.05) is 12.0 Å². The van der Waals surface area contributed by atoms with Crippen molar-refractivity contribution in [3.8, 4) is 11.5 Å². The number of benzene rings is 3. The minimum atomic E-state index is -1.36. The standard InChI is InChI=1S/C26H17FN2O8/c1-36-19-4-2-3-14-12-20(37-25(14)19)23(31)21-22(13-5-10-18(30)17(11-13)29(34)35)28(26(33)24(21)32)16-8-6-15(27)7-9-16/h2-12,22,30,32H,1H3. The second-order valence-electron chi connectivity index (χ2n) is 8.14. The number of aliphatic hydroxyl groups is 1. The zero-order valence-electron chi connectivity index (χ0n) is 19.0. The van der Waals surface area contributed by atoms with Gasteiger partial charge in [0.1, 0.15) is 5.82 Å². The molecule has 0 spiro atoms. The van der Waals surface area contributed by atoms with Crippen LogP contribution in [0.5, 0.6) is 11.5 Å². The summed E-state index contributed by atoms with van der Waals surface area (Å²) in [7, 11) is 1.43. The average Bonchev–Trinajstić information content (AvgIpc) is 3.43. The highest BCUT2D eigenvalue weighted by atomic mass is 19.1. The third kappa shape index (κ3) is 3.82. The Morgan fingerprint density at radius 2 is 1.84 bits per heavy atom. The summed E-state index contributed by atoms with van der Waals surface area (Å²) >= 11 is 0. The predicted molar refractivity (Wildman–Crippen MR) is 128 cm³/mol. The highest BCUT2D eigenvalue weighted by Gasteiger charge is 2.46. The first kappa shape index (κ1) is 23.5. The van der Waals surface area contributed by atoms with E-state index in [1.54, 1.807) is 18.2 Å². The van der Waals surface area contributed by atoms with E-state index in [4.69, 9.17) is 9.15 Å². The van der Waals surface area contributed by atoms with Crippen molar-refractivity contribution in [3.63, 3.8) is 0 Å². The number of methoxy groups -OCH3 is 1. The number of carbonyl (C=O) groups is 2. The van der Waals surface area contributed by atoms with Crippen LogP contribution in [0.1, 0.15) is 22.2 Å². The molecule has 5 rings (SSSR count). The Hall–Kier alpha value is -5.19. The van der Waals surface area contributed by atoms with Gasteiger partial charge in [-0.2, -0.15) is 0 Å². The maximum absolute atomic E-state index is 13.7. The summed E-state index contributed by atoms with van der Waals surface area (Å²) in [5.74, 6) is -3.81. The van der Waals surface area contributed by atoms with Crippen molar-refractivity contribution >= 4 is 34.0 Å². The number of phenols is 1. The molecule has 0 saturated heterocycles. The first-order valence-corrected chi connectivity index (χ1v) is 10.8. The Morgan fingerprint density at radius 3 is 2.51 bits per heavy atom. The lowest BCUT2D eigenvalue weighted by atomic mass is 9.94. The molecular weight excluding hydrogens is 487 g/mol. The number of ketones is 1. The van der Waals surface area contributed by atoms with E-state index < -0.39 is 51.2 Å². The molecule has 1 amide bonds. The van der Waals surface area contributed by atoms with E-state index in [-0.39, 0.29) is 22.6 Å². The third-order valence-corrected chi connectivity index (χ3v) is 6.02. The number of aliphatic hydroxyl groups excluding tert-OH is 1. The number of carbonyl (C=O) groups excluding carboxylic acids is 2. The fourth-order valence-corrected chi connectivity index (χ4v) is 4.32. The zero-order valence-corrected chi connectivity index (χ0v) is 19.0. The van der Waals surface area contributed by atoms with E-state index in [9.17, 15) is 34.3 Å². The Balaban J connectivity index is 1.69. The Labute approximate surface area is 207 Å². The van der Waals surface area contributed by atoms with Crippen molar-refractivity contribution in [2.24, 2.45) is 0 Å². The lowest BCUT2D eigenvalue weighted by Gasteiger charge is -2.26. The van der Waals surface area contributed by atoms with Crippen molar-refractivity contribution in [1.29, 1.82) is 0 Å². The molecule has 11 heteroatoms. The first-order chi connectivity index (χ1) is 17.7. The number of hydrogen-bond acceptors (Lipinski definition) is 8. The highest BCUT2D eigenvalue weighted by molar-refractivity contribution is 6.20. The monoisotopic (exact) mass is 504 g/mol. The second-order valence-corrected chi connectivity index (χ2v) is 8.14. The molecular formula is C26H17FN2O8. The van der Waals surface area contributed by atoms with Gasteiger partial charge in [-0.3, -0.25) is 24.6 Å². The molecule has 0 radical (unpaired) electrons. The number of halogens is 1. The van der Waals surface area contributed by atoms with Crippen LogP contribution in [0.4, 0.5) is 15.8 Å². The van der Waals surface area contributed by atoms with E-state index in [0.29, 0.717) is 11.1 Å². The normalized spacial score (nSPS) is 15.5. The van der Waals surface area contributed by atoms with Crippen molar-refractivity contribution in [2.45, 2.75) is 6.04 Å². The fraction of sp³-hybridized carbons (Fsp3) is 0.0769. The smallest absolute Gasteiger partial charge is 0.311 e. The van der Waals surface area contributed by atoms with Crippen LogP contribution in [0.3, 0.4) is 0 Å². The Bertz CT molecular complexity index is 1620. The maximum Gasteiger partial charge on any atom is 0.311 e. The number of aromatic hydroxyl groups is 1. The summed E-state index contributed by atoms with van der Waals surface area (Å²) in [4.78, 5) is 38.6. The molecule has 2 heterocycles. The number of rotatable bonds is 6. The van der Waals surface area contributed by atoms with Crippen LogP contribution in [0.15, 0.2) is 82.5 Å². The molecule has 3 aromatic carbocycles. The summed E-state index contributed by atoms with van der Waals surface area (Å²) in [6.07, 6.45) is 0. The molecule has 0 aliphatic carbocycles. The van der Waals surface area contributed by atoms with Gasteiger partial charge in [0.2, 0.25) is 5.78 Å². The maximum atomic E-state index is 13.7. The van der Waals surface area contributed by atoms with Gasteiger partial charge in [-0.15, -0.1) is 0 Å². The van der Waals surface area contributed by atoms with Crippen molar-refractivity contribution in [1.82, 2.24) is 0 Å². The van der Waals surface area contributed by atoms with E-state index in [1.807, 2.05) is 0 Å². The van der Waals surface area contributed by atoms with Gasteiger partial charge in [-0.05, 0) is 48.0 Å². The molecule has 1 unspecified atom stereocenters. The van der Waals surface area contributed by atoms with Gasteiger partial charge >= 0.3 is 5.69 Å². The SMILES string of the molecule is COc1cccc2cc(C(=O)C3=C(O)C(=O)N(c4ccc(F)cc4)C3c3ccc(O)c([N+](=O)[O-])c3)oc12. The van der Waals surface area contributed by atoms with Crippen molar-refractivity contribution < 1.29 is 38.3 Å². The minimum Gasteiger partial charge on any atom is -0.503 e. The fourth-order valence-electron chi connectivity index (χ4n) is 4.32. The summed E-state index contributed by atoms with van der Waals surface area (Å²) in [5, 5.41) is 32.8. The average molecular weight is 504 g/mol. The number of furan rings is 1. The summed E-state index contributed by atoms with van der Waals surface area (Å²) in [5.41, 5.74) is -0.649. The number of nitro benzene ring substituents is 1. The summed E-state index contributed by atoms with van der Waals surface area (Å²) in [6.45, 7) is 0. The number of ether oxygens (including phenoxy) is 1. The Kier molecular flexibility index (Phi) is 5.59. The number of hydrogen-bond donors (Lipinski definition) is 2. The first-order valence-electron chi connectivity index (χ1n) is 10.8. The van der Waals surface area contributed by atoms with Gasteiger partial charge < -0.3 is 19.4 Å². The summed E-state index contributed by atoms with van der Waals surface area (Å²) < 4.78 is 24.6. The van der Waals surface area contributed by atoms with Gasteiger partial charge in [-0.25, -0.2) is 4.39 Å². The quantitative estimate of drug-likeness (QED) is 0.213. The number of amides is 1. The Morgan fingerprint density at radius 1 is 1.11 bits per heavy atom. The summed E-state index contributed by atoms with van der Waals surface area (Å²) in [6, 6.07) is 13.1. The second kappa shape index (κ2) is 8.79. The molecule has 2 N–H and O–H groups in total. The van der Waals surface area contributed by atoms with Crippen molar-refractivity contribution in [3.05, 3.63) is 105 Å². The van der Waals surface area contributed by atoms with Gasteiger partial charge in [0, 0.05) is 17.1 Å². The molecule has 1 aromatic heterocycles. The molecule has 186 valence electrons. The molecule has 0 bridgehead atoms. The number of para-hydroxylation sites is 1. The molecule has 37 heavy (non-hydrogen) atoms. The van der Waals surface area contributed by atoms with Gasteiger partial charge in [0.05, 0.1) is 23.6 Å². The van der Waals surface area contributed by atoms with Gasteiger partial charge in [0.25, 0.3) is 5.91 Å². The largest absolute Gasteiger partial charge is 0.503 e. The number of nitro groups is 1. The van der Waals surface area contributed by atoms with Crippen LogP contribution < -0.4 is 9.64 Å². The molecule has 0 fully saturated rings. The zero-order chi connectivity index (χ0) is 26.4. The molecule has 1 atom stereocenters. The van der Waals surface area contributed by atoms with Crippen LogP contribution in [-0.4, -0.2) is 33.9 Å². The number of fused-ring (bicyclic) bond motifs is 1. The van der Waals surface area contributed by atoms with E-state index in [0.717, 1.165) is 29.2 Å². The molecule has 4 aromatic rings. The number of nitrogens with zero attached hydrogens (tertiary/aromatic N) is 2. The lowest BCUT2D eigenvalue weighted by Crippen LogP contribution is -2.31. The van der Waals surface area contributed by atoms with Gasteiger partial charge in [0.15, 0.2) is 28.6 Å². The number of phenolic OH excluding ortho intramolecular Hbond substituents is 1. The predicted octanol–water partition coefficient (Wildman–Crippen LogP) is 4.98. The topological polar surface area (TPSA) is 143 Å². The van der Waals surface area contributed by atoms with Crippen LogP contribution >= 0.6 is 0 Å². The van der Waals surface area contributed by atoms with Crippen LogP contribution in [-0.2, 0) is 4.79 Å². The van der Waals surface area contributed by atoms with Gasteiger partial charge in [-0.1, -0.05) is 18.2 Å². The molecule has 10 nitrogen and oxygen atoms in total. The molecule has 1 aliphatic heterocycles. The highest BCUT2D eigenvalue weighted by Crippen LogP contribution is 2.44. The lowest BCUT2D eigenvalue weighted by molar-refractivity contribution is -0.385. The van der Waals surface area contributed by atoms with Crippen LogP contribution in [0.2, 0.25) is 0 Å². The molecule has 1 aliphatic rings. The minimum absolute atomic E-state index is 0.0447. The molecule has 0 saturated carbocycles. The van der Waals surface area contributed by atoms with E-state index in [1.165, 1.54) is 31.4 Å². The number of Topliss-reactive ketones (excluding diaryl/α,β-unsaturated/α-hetero) is 1.